The van der Waals surface area contributed by atoms with Crippen LogP contribution in [0, 0.1) is 0 Å². The summed E-state index contributed by atoms with van der Waals surface area (Å²) in [5.41, 5.74) is 8.22. The van der Waals surface area contributed by atoms with E-state index in [1.165, 1.54) is 8.87 Å². The number of rotatable bonds is 4. The molecule has 3 aromatic carbocycles. The summed E-state index contributed by atoms with van der Waals surface area (Å²) in [6.45, 7) is 1.88. The predicted molar refractivity (Wildman–Crippen MR) is 133 cm³/mol. The van der Waals surface area contributed by atoms with Crippen molar-refractivity contribution in [3.63, 3.8) is 0 Å². The highest BCUT2D eigenvalue weighted by Crippen LogP contribution is 2.38. The molecule has 0 bridgehead atoms. The van der Waals surface area contributed by atoms with Crippen molar-refractivity contribution in [2.45, 2.75) is 23.8 Å². The van der Waals surface area contributed by atoms with E-state index in [1.54, 1.807) is 49.6 Å². The van der Waals surface area contributed by atoms with Gasteiger partial charge in [-0.1, -0.05) is 54.6 Å². The number of benzene rings is 3. The highest BCUT2D eigenvalue weighted by atomic mass is 32.2. The van der Waals surface area contributed by atoms with Crippen molar-refractivity contribution in [3.05, 3.63) is 90.6 Å². The van der Waals surface area contributed by atoms with Gasteiger partial charge in [0.25, 0.3) is 10.0 Å². The summed E-state index contributed by atoms with van der Waals surface area (Å²) < 4.78 is 28.2. The highest BCUT2D eigenvalue weighted by Gasteiger charge is 2.36. The summed E-state index contributed by atoms with van der Waals surface area (Å²) in [6, 6.07) is 23.5. The maximum absolute atomic E-state index is 13.4. The molecule has 1 aliphatic rings. The van der Waals surface area contributed by atoms with Crippen molar-refractivity contribution in [2.24, 2.45) is 10.7 Å². The molecule has 1 atom stereocenters. The van der Waals surface area contributed by atoms with Crippen LogP contribution >= 0.6 is 0 Å². The summed E-state index contributed by atoms with van der Waals surface area (Å²) in [5, 5.41) is 0.812. The second-order valence-electron chi connectivity index (χ2n) is 8.63. The Morgan fingerprint density at radius 2 is 1.68 bits per heavy atom. The Morgan fingerprint density at radius 3 is 2.41 bits per heavy atom. The van der Waals surface area contributed by atoms with Gasteiger partial charge < -0.3 is 5.73 Å². The van der Waals surface area contributed by atoms with E-state index in [9.17, 15) is 13.2 Å². The third-order valence-corrected chi connectivity index (χ3v) is 8.04. The minimum atomic E-state index is -3.79. The zero-order valence-electron chi connectivity index (χ0n) is 18.8. The highest BCUT2D eigenvalue weighted by molar-refractivity contribution is 7.90. The summed E-state index contributed by atoms with van der Waals surface area (Å²) in [4.78, 5) is 18.6. The van der Waals surface area contributed by atoms with Crippen molar-refractivity contribution in [1.29, 1.82) is 0 Å². The fraction of sp³-hybridized carbons (Fsp3) is 0.154. The molecular weight excluding hydrogens is 448 g/mol. The fourth-order valence-electron chi connectivity index (χ4n) is 4.38. The Hall–Kier alpha value is -3.91. The second-order valence-corrected chi connectivity index (χ2v) is 10.4. The Balaban J connectivity index is 1.67. The first kappa shape index (κ1) is 21.9. The number of amides is 1. The van der Waals surface area contributed by atoms with E-state index in [4.69, 9.17) is 5.73 Å². The number of hydrogen-bond acceptors (Lipinski definition) is 5. The number of carbonyl (C=O) groups is 1. The maximum Gasteiger partial charge on any atom is 0.268 e. The van der Waals surface area contributed by atoms with Crippen LogP contribution in [-0.4, -0.2) is 36.2 Å². The van der Waals surface area contributed by atoms with Gasteiger partial charge in [0.05, 0.1) is 22.4 Å². The summed E-state index contributed by atoms with van der Waals surface area (Å²) >= 11 is 0. The maximum atomic E-state index is 13.4. The zero-order chi connectivity index (χ0) is 24.1. The van der Waals surface area contributed by atoms with Crippen molar-refractivity contribution < 1.29 is 13.2 Å². The molecule has 0 aliphatic carbocycles. The van der Waals surface area contributed by atoms with Gasteiger partial charge in [0.2, 0.25) is 5.91 Å². The summed E-state index contributed by atoms with van der Waals surface area (Å²) in [6.07, 6.45) is 1.85. The number of hydrogen-bond donors (Lipinski definition) is 1. The molecule has 0 saturated carbocycles. The molecule has 0 saturated heterocycles. The minimum absolute atomic E-state index is 0.106. The molecule has 2 N–H and O–H groups in total. The molecule has 1 aliphatic heterocycles. The number of guanidine groups is 1. The molecule has 7 nitrogen and oxygen atoms in total. The third kappa shape index (κ3) is 3.47. The SMILES string of the molecule is CN1C(=O)CC(C)(c2cccc(-c3cn(S(=O)(=O)c4ccccc4)c4ccccc34)c2)N=C1N. The lowest BCUT2D eigenvalue weighted by Gasteiger charge is -2.33. The first-order valence-corrected chi connectivity index (χ1v) is 12.3. The van der Waals surface area contributed by atoms with Crippen LogP contribution in [0.15, 0.2) is 94.9 Å². The van der Waals surface area contributed by atoms with Gasteiger partial charge in [-0.25, -0.2) is 17.4 Å². The third-order valence-electron chi connectivity index (χ3n) is 6.35. The molecule has 1 unspecified atom stereocenters. The van der Waals surface area contributed by atoms with Gasteiger partial charge >= 0.3 is 0 Å². The van der Waals surface area contributed by atoms with E-state index in [0.29, 0.717) is 5.52 Å². The number of fused-ring (bicyclic) bond motifs is 1. The van der Waals surface area contributed by atoms with E-state index in [0.717, 1.165) is 22.1 Å². The molecule has 8 heteroatoms. The van der Waals surface area contributed by atoms with Gasteiger partial charge in [-0.2, -0.15) is 0 Å². The van der Waals surface area contributed by atoms with Crippen LogP contribution in [0.3, 0.4) is 0 Å². The molecule has 0 radical (unpaired) electrons. The van der Waals surface area contributed by atoms with E-state index in [2.05, 4.69) is 4.99 Å². The van der Waals surface area contributed by atoms with Gasteiger partial charge in [0.15, 0.2) is 5.96 Å². The zero-order valence-corrected chi connectivity index (χ0v) is 19.7. The molecule has 1 amide bonds. The average molecular weight is 473 g/mol. The van der Waals surface area contributed by atoms with Crippen LogP contribution in [0.2, 0.25) is 0 Å². The minimum Gasteiger partial charge on any atom is -0.369 e. The van der Waals surface area contributed by atoms with Crippen LogP contribution in [0.4, 0.5) is 0 Å². The molecular formula is C26H24N4O3S. The Morgan fingerprint density at radius 1 is 0.971 bits per heavy atom. The number of nitrogens with zero attached hydrogens (tertiary/aromatic N) is 3. The lowest BCUT2D eigenvalue weighted by molar-refractivity contribution is -0.128. The molecule has 5 rings (SSSR count). The summed E-state index contributed by atoms with van der Waals surface area (Å²) in [7, 11) is -2.18. The average Bonchev–Trinajstić information content (AvgIpc) is 3.24. The van der Waals surface area contributed by atoms with Crippen molar-refractivity contribution in [3.8, 4) is 11.1 Å². The first-order valence-electron chi connectivity index (χ1n) is 10.8. The van der Waals surface area contributed by atoms with Gasteiger partial charge in [-0.3, -0.25) is 9.69 Å². The van der Waals surface area contributed by atoms with Gasteiger partial charge in [0, 0.05) is 24.2 Å². The van der Waals surface area contributed by atoms with Crippen molar-refractivity contribution >= 4 is 32.8 Å². The van der Waals surface area contributed by atoms with Crippen LogP contribution in [0.25, 0.3) is 22.0 Å². The van der Waals surface area contributed by atoms with Crippen LogP contribution in [-0.2, 0) is 20.4 Å². The molecule has 0 spiro atoms. The van der Waals surface area contributed by atoms with E-state index in [-0.39, 0.29) is 23.2 Å². The lowest BCUT2D eigenvalue weighted by Crippen LogP contribution is -2.47. The molecule has 0 fully saturated rings. The smallest absolute Gasteiger partial charge is 0.268 e. The van der Waals surface area contributed by atoms with Crippen LogP contribution in [0.5, 0.6) is 0 Å². The normalized spacial score (nSPS) is 18.8. The molecule has 34 heavy (non-hydrogen) atoms. The van der Waals surface area contributed by atoms with Gasteiger partial charge in [-0.05, 0) is 42.3 Å². The van der Waals surface area contributed by atoms with Crippen molar-refractivity contribution in [2.75, 3.05) is 7.05 Å². The standard InChI is InChI=1S/C26H24N4O3S/c1-26(16-24(31)29(2)25(27)28-26)19-10-8-9-18(15-19)22-17-30(23-14-7-6-13-21(22)23)34(32,33)20-11-4-3-5-12-20/h3-15,17H,16H2,1-2H3,(H2,27,28). The topological polar surface area (TPSA) is 97.8 Å². The molecule has 2 heterocycles. The number of carbonyl (C=O) groups excluding carboxylic acids is 1. The van der Waals surface area contributed by atoms with E-state index >= 15 is 0 Å². The fourth-order valence-corrected chi connectivity index (χ4v) is 5.77. The number of aliphatic imine (C=N–C) groups is 1. The number of para-hydroxylation sites is 1. The number of nitrogens with two attached hydrogens (primary N) is 1. The largest absolute Gasteiger partial charge is 0.369 e. The monoisotopic (exact) mass is 472 g/mol. The number of aromatic nitrogens is 1. The Kier molecular flexibility index (Phi) is 5.06. The molecule has 1 aromatic heterocycles. The van der Waals surface area contributed by atoms with Gasteiger partial charge in [0.1, 0.15) is 0 Å². The Labute approximate surface area is 198 Å². The molecule has 4 aromatic rings. The van der Waals surface area contributed by atoms with E-state index < -0.39 is 15.6 Å². The van der Waals surface area contributed by atoms with E-state index in [1.807, 2.05) is 49.4 Å². The van der Waals surface area contributed by atoms with Gasteiger partial charge in [-0.15, -0.1) is 0 Å². The molecule has 172 valence electrons. The van der Waals surface area contributed by atoms with Crippen molar-refractivity contribution in [1.82, 2.24) is 8.87 Å². The predicted octanol–water partition coefficient (Wildman–Crippen LogP) is 3.94. The second kappa shape index (κ2) is 7.85. The lowest BCUT2D eigenvalue weighted by atomic mass is 9.86. The summed E-state index contributed by atoms with van der Waals surface area (Å²) in [5.74, 6) is 0.0701. The van der Waals surface area contributed by atoms with Crippen LogP contribution < -0.4 is 5.73 Å². The Bertz CT molecular complexity index is 1560. The van der Waals surface area contributed by atoms with Crippen LogP contribution in [0.1, 0.15) is 18.9 Å². The quantitative estimate of drug-likeness (QED) is 0.486. The first-order chi connectivity index (χ1) is 16.2.